The summed E-state index contributed by atoms with van der Waals surface area (Å²) in [4.78, 5) is 2.45. The van der Waals surface area contributed by atoms with Crippen molar-refractivity contribution in [3.8, 4) is 0 Å². The minimum atomic E-state index is 0.493. The second-order valence-electron chi connectivity index (χ2n) is 3.96. The predicted molar refractivity (Wildman–Crippen MR) is 64.6 cm³/mol. The molecule has 1 aromatic rings. The predicted octanol–water partition coefficient (Wildman–Crippen LogP) is 2.08. The number of benzene rings is 1. The molecule has 1 saturated heterocycles. The van der Waals surface area contributed by atoms with Crippen LogP contribution in [0.4, 0.5) is 11.4 Å². The molecule has 1 unspecified atom stereocenters. The first-order valence-electron chi connectivity index (χ1n) is 5.22. The number of rotatable bonds is 0. The molecule has 4 heteroatoms. The summed E-state index contributed by atoms with van der Waals surface area (Å²) in [5, 5.41) is 3.45. The third-order valence-corrected chi connectivity index (χ3v) is 3.52. The van der Waals surface area contributed by atoms with Gasteiger partial charge in [0.25, 0.3) is 0 Å². The van der Waals surface area contributed by atoms with Crippen LogP contribution in [0, 0.1) is 0 Å². The van der Waals surface area contributed by atoms with E-state index >= 15 is 0 Å². The molecule has 2 heterocycles. The van der Waals surface area contributed by atoms with Crippen molar-refractivity contribution in [1.82, 2.24) is 0 Å². The lowest BCUT2D eigenvalue weighted by Gasteiger charge is -2.42. The second kappa shape index (κ2) is 3.68. The van der Waals surface area contributed by atoms with E-state index in [-0.39, 0.29) is 0 Å². The number of halogens is 1. The maximum absolute atomic E-state index is 5.49. The lowest BCUT2D eigenvalue weighted by Crippen LogP contribution is -2.51. The van der Waals surface area contributed by atoms with E-state index in [4.69, 9.17) is 4.74 Å². The van der Waals surface area contributed by atoms with Gasteiger partial charge in [-0.2, -0.15) is 0 Å². The molecule has 0 spiro atoms. The molecule has 0 aromatic heterocycles. The SMILES string of the molecule is Brc1ccc2c(c1)NCC1COCCN21. The van der Waals surface area contributed by atoms with Crippen molar-refractivity contribution >= 4 is 27.3 Å². The lowest BCUT2D eigenvalue weighted by molar-refractivity contribution is 0.0964. The maximum Gasteiger partial charge on any atom is 0.0697 e. The van der Waals surface area contributed by atoms with Gasteiger partial charge in [-0.25, -0.2) is 0 Å². The average Bonchev–Trinajstić information content (AvgIpc) is 2.28. The molecule has 80 valence electrons. The second-order valence-corrected chi connectivity index (χ2v) is 4.88. The van der Waals surface area contributed by atoms with Crippen LogP contribution in [0.5, 0.6) is 0 Å². The highest BCUT2D eigenvalue weighted by molar-refractivity contribution is 9.10. The summed E-state index contributed by atoms with van der Waals surface area (Å²) < 4.78 is 6.61. The van der Waals surface area contributed by atoms with Crippen LogP contribution in [0.1, 0.15) is 0 Å². The molecular formula is C11H13BrN2O. The Bertz CT molecular complexity index is 383. The highest BCUT2D eigenvalue weighted by Gasteiger charge is 2.28. The van der Waals surface area contributed by atoms with Crippen LogP contribution in [0.25, 0.3) is 0 Å². The number of hydrogen-bond acceptors (Lipinski definition) is 3. The third-order valence-electron chi connectivity index (χ3n) is 3.02. The van der Waals surface area contributed by atoms with E-state index in [2.05, 4.69) is 44.3 Å². The van der Waals surface area contributed by atoms with E-state index in [9.17, 15) is 0 Å². The number of anilines is 2. The zero-order valence-electron chi connectivity index (χ0n) is 8.37. The summed E-state index contributed by atoms with van der Waals surface area (Å²) in [6, 6.07) is 6.90. The molecule has 0 amide bonds. The fourth-order valence-corrected chi connectivity index (χ4v) is 2.63. The van der Waals surface area contributed by atoms with Crippen LogP contribution >= 0.6 is 15.9 Å². The van der Waals surface area contributed by atoms with Crippen molar-refractivity contribution in [3.05, 3.63) is 22.7 Å². The molecule has 0 saturated carbocycles. The van der Waals surface area contributed by atoms with Crippen LogP contribution in [-0.4, -0.2) is 32.3 Å². The molecule has 1 fully saturated rings. The summed E-state index contributed by atoms with van der Waals surface area (Å²) in [6.45, 7) is 3.65. The van der Waals surface area contributed by atoms with Crippen LogP contribution in [0.2, 0.25) is 0 Å². The first-order chi connectivity index (χ1) is 7.34. The zero-order valence-corrected chi connectivity index (χ0v) is 9.96. The van der Waals surface area contributed by atoms with E-state index < -0.39 is 0 Å². The number of fused-ring (bicyclic) bond motifs is 3. The van der Waals surface area contributed by atoms with Crippen LogP contribution in [-0.2, 0) is 4.74 Å². The Labute approximate surface area is 97.5 Å². The normalized spacial score (nSPS) is 24.1. The Morgan fingerprint density at radius 1 is 1.47 bits per heavy atom. The van der Waals surface area contributed by atoms with Gasteiger partial charge in [0, 0.05) is 17.6 Å². The number of nitrogens with one attached hydrogen (secondary N) is 1. The Morgan fingerprint density at radius 2 is 2.40 bits per heavy atom. The maximum atomic E-state index is 5.49. The minimum absolute atomic E-state index is 0.493. The molecule has 3 nitrogen and oxygen atoms in total. The Morgan fingerprint density at radius 3 is 3.33 bits per heavy atom. The Balaban J connectivity index is 1.99. The number of morpholine rings is 1. The quantitative estimate of drug-likeness (QED) is 0.780. The topological polar surface area (TPSA) is 24.5 Å². The Hall–Kier alpha value is -0.740. The number of hydrogen-bond donors (Lipinski definition) is 1. The van der Waals surface area contributed by atoms with Gasteiger partial charge < -0.3 is 15.0 Å². The van der Waals surface area contributed by atoms with Gasteiger partial charge in [0.05, 0.1) is 30.6 Å². The molecule has 1 atom stereocenters. The first-order valence-corrected chi connectivity index (χ1v) is 6.02. The molecule has 3 rings (SSSR count). The molecule has 1 N–H and O–H groups in total. The van der Waals surface area contributed by atoms with Crippen molar-refractivity contribution in [2.75, 3.05) is 36.5 Å². The minimum Gasteiger partial charge on any atom is -0.381 e. The lowest BCUT2D eigenvalue weighted by atomic mass is 10.1. The van der Waals surface area contributed by atoms with Gasteiger partial charge in [0.15, 0.2) is 0 Å². The van der Waals surface area contributed by atoms with Crippen molar-refractivity contribution < 1.29 is 4.74 Å². The van der Waals surface area contributed by atoms with Gasteiger partial charge in [0.2, 0.25) is 0 Å². The highest BCUT2D eigenvalue weighted by Crippen LogP contribution is 2.34. The Kier molecular flexibility index (Phi) is 2.33. The first kappa shape index (κ1) is 9.48. The summed E-state index contributed by atoms with van der Waals surface area (Å²) in [5.41, 5.74) is 2.53. The van der Waals surface area contributed by atoms with E-state index in [1.807, 2.05) is 0 Å². The van der Waals surface area contributed by atoms with E-state index in [0.29, 0.717) is 6.04 Å². The average molecular weight is 269 g/mol. The van der Waals surface area contributed by atoms with E-state index in [0.717, 1.165) is 30.8 Å². The van der Waals surface area contributed by atoms with Crippen molar-refractivity contribution in [2.24, 2.45) is 0 Å². The molecule has 0 radical (unpaired) electrons. The van der Waals surface area contributed by atoms with Gasteiger partial charge in [-0.1, -0.05) is 15.9 Å². The van der Waals surface area contributed by atoms with Gasteiger partial charge in [-0.15, -0.1) is 0 Å². The fraction of sp³-hybridized carbons (Fsp3) is 0.455. The smallest absolute Gasteiger partial charge is 0.0697 e. The van der Waals surface area contributed by atoms with Crippen molar-refractivity contribution in [3.63, 3.8) is 0 Å². The van der Waals surface area contributed by atoms with Gasteiger partial charge in [0.1, 0.15) is 0 Å². The van der Waals surface area contributed by atoms with Crippen LogP contribution in [0.15, 0.2) is 22.7 Å². The molecule has 15 heavy (non-hydrogen) atoms. The van der Waals surface area contributed by atoms with Gasteiger partial charge in [-0.05, 0) is 18.2 Å². The van der Waals surface area contributed by atoms with E-state index in [1.165, 1.54) is 11.4 Å². The molecule has 2 aliphatic rings. The zero-order chi connectivity index (χ0) is 10.3. The summed E-state index contributed by atoms with van der Waals surface area (Å²) in [5.74, 6) is 0. The summed E-state index contributed by atoms with van der Waals surface area (Å²) >= 11 is 3.50. The van der Waals surface area contributed by atoms with Gasteiger partial charge in [-0.3, -0.25) is 0 Å². The van der Waals surface area contributed by atoms with Crippen LogP contribution < -0.4 is 10.2 Å². The standard InChI is InChI=1S/C11H13BrN2O/c12-8-1-2-11-10(5-8)13-6-9-7-15-4-3-14(9)11/h1-2,5,9,13H,3-4,6-7H2. The number of nitrogens with zero attached hydrogens (tertiary/aromatic N) is 1. The summed E-state index contributed by atoms with van der Waals surface area (Å²) in [7, 11) is 0. The summed E-state index contributed by atoms with van der Waals surface area (Å²) in [6.07, 6.45) is 0. The van der Waals surface area contributed by atoms with E-state index in [1.54, 1.807) is 0 Å². The molecule has 0 aliphatic carbocycles. The van der Waals surface area contributed by atoms with Gasteiger partial charge >= 0.3 is 0 Å². The monoisotopic (exact) mass is 268 g/mol. The highest BCUT2D eigenvalue weighted by atomic mass is 79.9. The largest absolute Gasteiger partial charge is 0.381 e. The molecule has 2 aliphatic heterocycles. The van der Waals surface area contributed by atoms with Crippen molar-refractivity contribution in [2.45, 2.75) is 6.04 Å². The molecular weight excluding hydrogens is 256 g/mol. The fourth-order valence-electron chi connectivity index (χ4n) is 2.27. The molecule has 0 bridgehead atoms. The van der Waals surface area contributed by atoms with Crippen molar-refractivity contribution in [1.29, 1.82) is 0 Å². The molecule has 1 aromatic carbocycles. The third kappa shape index (κ3) is 1.62. The number of ether oxygens (including phenoxy) is 1. The van der Waals surface area contributed by atoms with Crippen LogP contribution in [0.3, 0.4) is 0 Å².